The van der Waals surface area contributed by atoms with Gasteiger partial charge in [0, 0.05) is 28.8 Å². The summed E-state index contributed by atoms with van der Waals surface area (Å²) in [7, 11) is 0. The largest absolute Gasteiger partial charge is 0.457 e. The molecular formula is C22H15FN2O5S. The number of halogens is 1. The van der Waals surface area contributed by atoms with Gasteiger partial charge in [-0.1, -0.05) is 30.3 Å². The number of hydrogen-bond donors (Lipinski definition) is 0. The number of imide groups is 1. The van der Waals surface area contributed by atoms with E-state index < -0.39 is 21.9 Å². The fraction of sp³-hybridized carbons (Fsp3) is 0.0909. The fourth-order valence-electron chi connectivity index (χ4n) is 3.11. The minimum atomic E-state index is -0.540. The van der Waals surface area contributed by atoms with Crippen LogP contribution in [0.3, 0.4) is 0 Å². The highest BCUT2D eigenvalue weighted by Crippen LogP contribution is 2.35. The Balaban J connectivity index is 1.56. The van der Waals surface area contributed by atoms with E-state index >= 15 is 0 Å². The smallest absolute Gasteiger partial charge is 0.293 e. The van der Waals surface area contributed by atoms with Gasteiger partial charge in [0.25, 0.3) is 16.8 Å². The number of carbonyl (C=O) groups excluding carboxylic acids is 2. The number of nitro benzene ring substituents is 1. The molecule has 1 fully saturated rings. The molecule has 3 aromatic rings. The topological polar surface area (TPSA) is 93.7 Å². The van der Waals surface area contributed by atoms with Gasteiger partial charge in [-0.3, -0.25) is 24.6 Å². The van der Waals surface area contributed by atoms with Gasteiger partial charge in [0.2, 0.25) is 0 Å². The average Bonchev–Trinajstić information content (AvgIpc) is 3.30. The molecule has 0 spiro atoms. The van der Waals surface area contributed by atoms with E-state index in [2.05, 4.69) is 0 Å². The first-order chi connectivity index (χ1) is 14.8. The summed E-state index contributed by atoms with van der Waals surface area (Å²) in [4.78, 5) is 36.7. The molecule has 0 atom stereocenters. The van der Waals surface area contributed by atoms with Crippen molar-refractivity contribution in [3.05, 3.63) is 92.3 Å². The van der Waals surface area contributed by atoms with Gasteiger partial charge in [-0.25, -0.2) is 4.39 Å². The third-order valence-electron chi connectivity index (χ3n) is 4.75. The summed E-state index contributed by atoms with van der Waals surface area (Å²) in [6, 6.07) is 13.9. The van der Waals surface area contributed by atoms with Crippen molar-refractivity contribution in [2.75, 3.05) is 0 Å². The number of hydrogen-bond acceptors (Lipinski definition) is 6. The number of benzene rings is 2. The van der Waals surface area contributed by atoms with Crippen LogP contribution in [0.2, 0.25) is 0 Å². The molecule has 9 heteroatoms. The molecule has 1 aromatic heterocycles. The number of amides is 2. The highest BCUT2D eigenvalue weighted by atomic mass is 32.2. The van der Waals surface area contributed by atoms with Gasteiger partial charge in [-0.15, -0.1) is 0 Å². The Labute approximate surface area is 180 Å². The molecule has 0 unspecified atom stereocenters. The Morgan fingerprint density at radius 1 is 1.16 bits per heavy atom. The lowest BCUT2D eigenvalue weighted by Gasteiger charge is -2.12. The van der Waals surface area contributed by atoms with Crippen LogP contribution in [-0.4, -0.2) is 21.0 Å². The second-order valence-corrected chi connectivity index (χ2v) is 7.81. The molecule has 4 rings (SSSR count). The van der Waals surface area contributed by atoms with Crippen molar-refractivity contribution < 1.29 is 23.3 Å². The van der Waals surface area contributed by atoms with E-state index in [9.17, 15) is 24.1 Å². The van der Waals surface area contributed by atoms with E-state index in [0.717, 1.165) is 16.7 Å². The highest BCUT2D eigenvalue weighted by Gasteiger charge is 2.35. The maximum atomic E-state index is 13.9. The highest BCUT2D eigenvalue weighted by molar-refractivity contribution is 8.18. The molecule has 1 aliphatic heterocycles. The van der Waals surface area contributed by atoms with Gasteiger partial charge in [-0.2, -0.15) is 0 Å². The second-order valence-electron chi connectivity index (χ2n) is 6.82. The molecule has 0 saturated carbocycles. The Kier molecular flexibility index (Phi) is 5.43. The van der Waals surface area contributed by atoms with Crippen molar-refractivity contribution in [1.82, 2.24) is 4.90 Å². The molecule has 1 saturated heterocycles. The lowest BCUT2D eigenvalue weighted by molar-refractivity contribution is -0.385. The van der Waals surface area contributed by atoms with Crippen LogP contribution in [0.15, 0.2) is 63.9 Å². The number of nitro groups is 1. The van der Waals surface area contributed by atoms with Crippen molar-refractivity contribution >= 4 is 34.7 Å². The number of thioether (sulfide) groups is 1. The molecule has 1 aliphatic rings. The monoisotopic (exact) mass is 438 g/mol. The van der Waals surface area contributed by atoms with Gasteiger partial charge in [0.1, 0.15) is 17.3 Å². The lowest BCUT2D eigenvalue weighted by atomic mass is 10.1. The molecule has 156 valence electrons. The van der Waals surface area contributed by atoms with Crippen LogP contribution in [0.1, 0.15) is 16.9 Å². The summed E-state index contributed by atoms with van der Waals surface area (Å²) in [6.07, 6.45) is 1.43. The van der Waals surface area contributed by atoms with Crippen LogP contribution < -0.4 is 0 Å². The lowest BCUT2D eigenvalue weighted by Crippen LogP contribution is -2.27. The first kappa shape index (κ1) is 20.5. The zero-order valence-corrected chi connectivity index (χ0v) is 17.0. The molecule has 0 N–H and O–H groups in total. The number of carbonyl (C=O) groups is 2. The van der Waals surface area contributed by atoms with E-state index in [1.807, 2.05) is 0 Å². The van der Waals surface area contributed by atoms with Crippen LogP contribution in [0, 0.1) is 22.9 Å². The van der Waals surface area contributed by atoms with Crippen LogP contribution in [0.5, 0.6) is 0 Å². The van der Waals surface area contributed by atoms with E-state index in [1.165, 1.54) is 30.3 Å². The normalized spacial score (nSPS) is 15.2. The Morgan fingerprint density at radius 2 is 1.94 bits per heavy atom. The van der Waals surface area contributed by atoms with E-state index in [-0.39, 0.29) is 22.7 Å². The first-order valence-corrected chi connectivity index (χ1v) is 9.99. The zero-order valence-electron chi connectivity index (χ0n) is 16.2. The Hall–Kier alpha value is -3.72. The van der Waals surface area contributed by atoms with Crippen LogP contribution in [-0.2, 0) is 11.3 Å². The van der Waals surface area contributed by atoms with Crippen molar-refractivity contribution in [3.63, 3.8) is 0 Å². The van der Waals surface area contributed by atoms with Crippen LogP contribution in [0.4, 0.5) is 14.9 Å². The Morgan fingerprint density at radius 3 is 2.68 bits per heavy atom. The molecule has 0 radical (unpaired) electrons. The fourth-order valence-corrected chi connectivity index (χ4v) is 3.93. The number of rotatable bonds is 5. The SMILES string of the molecule is Cc1ccc(-c2ccc(/C=C3/SC(=O)N(Cc4ccccc4F)C3=O)o2)cc1[N+](=O)[O-]. The van der Waals surface area contributed by atoms with Gasteiger partial charge in [-0.05, 0) is 36.9 Å². The van der Waals surface area contributed by atoms with Gasteiger partial charge in [0.05, 0.1) is 16.4 Å². The van der Waals surface area contributed by atoms with E-state index in [1.54, 1.807) is 37.3 Å². The van der Waals surface area contributed by atoms with E-state index in [0.29, 0.717) is 22.6 Å². The van der Waals surface area contributed by atoms with Gasteiger partial charge in [0.15, 0.2) is 0 Å². The third kappa shape index (κ3) is 4.13. The maximum Gasteiger partial charge on any atom is 0.293 e. The molecule has 0 aliphatic carbocycles. The van der Waals surface area contributed by atoms with Crippen molar-refractivity contribution in [2.24, 2.45) is 0 Å². The van der Waals surface area contributed by atoms with Crippen molar-refractivity contribution in [3.8, 4) is 11.3 Å². The minimum absolute atomic E-state index is 0.0234. The van der Waals surface area contributed by atoms with Gasteiger partial charge >= 0.3 is 0 Å². The molecule has 2 heterocycles. The predicted molar refractivity (Wildman–Crippen MR) is 113 cm³/mol. The quantitative estimate of drug-likeness (QED) is 0.295. The molecule has 7 nitrogen and oxygen atoms in total. The minimum Gasteiger partial charge on any atom is -0.457 e. The maximum absolute atomic E-state index is 13.9. The van der Waals surface area contributed by atoms with Crippen LogP contribution in [0.25, 0.3) is 17.4 Å². The number of furan rings is 1. The van der Waals surface area contributed by atoms with Crippen molar-refractivity contribution in [1.29, 1.82) is 0 Å². The molecular weight excluding hydrogens is 423 g/mol. The number of nitrogens with zero attached hydrogens (tertiary/aromatic N) is 2. The summed E-state index contributed by atoms with van der Waals surface area (Å²) >= 11 is 0.742. The third-order valence-corrected chi connectivity index (χ3v) is 5.66. The van der Waals surface area contributed by atoms with Crippen molar-refractivity contribution in [2.45, 2.75) is 13.5 Å². The molecule has 0 bridgehead atoms. The predicted octanol–water partition coefficient (Wildman–Crippen LogP) is 5.54. The van der Waals surface area contributed by atoms with Gasteiger partial charge < -0.3 is 4.42 Å². The summed E-state index contributed by atoms with van der Waals surface area (Å²) in [5.74, 6) is -0.329. The average molecular weight is 438 g/mol. The molecule has 2 aromatic carbocycles. The first-order valence-electron chi connectivity index (χ1n) is 9.17. The van der Waals surface area contributed by atoms with E-state index in [4.69, 9.17) is 4.42 Å². The standard InChI is InChI=1S/C22H15FN2O5S/c1-13-6-7-14(10-18(13)25(28)29)19-9-8-16(30-19)11-20-21(26)24(22(27)31-20)12-15-4-2-3-5-17(15)23/h2-11H,12H2,1H3/b20-11+. The summed E-state index contributed by atoms with van der Waals surface area (Å²) in [5.41, 5.74) is 1.27. The number of aryl methyl sites for hydroxylation is 1. The summed E-state index contributed by atoms with van der Waals surface area (Å²) in [6.45, 7) is 1.48. The molecule has 31 heavy (non-hydrogen) atoms. The second kappa shape index (κ2) is 8.19. The molecule has 2 amide bonds. The zero-order chi connectivity index (χ0) is 22.1. The van der Waals surface area contributed by atoms with Crippen LogP contribution >= 0.6 is 11.8 Å². The Bertz CT molecular complexity index is 1250. The summed E-state index contributed by atoms with van der Waals surface area (Å²) < 4.78 is 19.6. The summed E-state index contributed by atoms with van der Waals surface area (Å²) in [5, 5.41) is 10.7.